The molecule has 0 fully saturated rings. The zero-order valence-corrected chi connectivity index (χ0v) is 13.5. The molecule has 2 rings (SSSR count). The Labute approximate surface area is 121 Å². The predicted octanol–water partition coefficient (Wildman–Crippen LogP) is 5.44. The van der Waals surface area contributed by atoms with Crippen LogP contribution in [0.3, 0.4) is 0 Å². The number of fused-ring (bicyclic) bond motifs is 1. The molecule has 0 aliphatic heterocycles. The van der Waals surface area contributed by atoms with Gasteiger partial charge in [0.05, 0.1) is 10.2 Å². The molecule has 0 spiro atoms. The van der Waals surface area contributed by atoms with Gasteiger partial charge in [-0.3, -0.25) is 0 Å². The molecule has 1 aromatic carbocycles. The van der Waals surface area contributed by atoms with Crippen molar-refractivity contribution in [2.45, 2.75) is 45.6 Å². The second kappa shape index (κ2) is 5.57. The Balaban J connectivity index is 2.31. The van der Waals surface area contributed by atoms with Crippen molar-refractivity contribution >= 4 is 42.6 Å². The van der Waals surface area contributed by atoms with Crippen LogP contribution in [0.2, 0.25) is 0 Å². The highest BCUT2D eigenvalue weighted by molar-refractivity contribution is 9.10. The summed E-state index contributed by atoms with van der Waals surface area (Å²) in [6.07, 6.45) is 3.37. The zero-order chi connectivity index (χ0) is 13.2. The summed E-state index contributed by atoms with van der Waals surface area (Å²) in [7, 11) is 0. The van der Waals surface area contributed by atoms with E-state index in [-0.39, 0.29) is 5.54 Å². The van der Waals surface area contributed by atoms with E-state index in [9.17, 15) is 0 Å². The average molecular weight is 327 g/mol. The van der Waals surface area contributed by atoms with E-state index >= 15 is 0 Å². The maximum atomic E-state index is 4.67. The van der Waals surface area contributed by atoms with Crippen LogP contribution in [0, 0.1) is 0 Å². The summed E-state index contributed by atoms with van der Waals surface area (Å²) in [5.74, 6) is 0. The maximum absolute atomic E-state index is 4.67. The normalized spacial score (nSPS) is 12.0. The highest BCUT2D eigenvalue weighted by Gasteiger charge is 2.24. The number of rotatable bonds is 5. The fraction of sp³-hybridized carbons (Fsp3) is 0.500. The molecular weight excluding hydrogens is 308 g/mol. The van der Waals surface area contributed by atoms with E-state index in [1.165, 1.54) is 4.70 Å². The largest absolute Gasteiger partial charge is 0.356 e. The van der Waals surface area contributed by atoms with E-state index in [1.807, 2.05) is 6.07 Å². The molecule has 0 unspecified atom stereocenters. The van der Waals surface area contributed by atoms with Crippen molar-refractivity contribution < 1.29 is 0 Å². The van der Waals surface area contributed by atoms with Crippen LogP contribution in [0.15, 0.2) is 22.7 Å². The molecule has 0 bridgehead atoms. The molecule has 2 nitrogen and oxygen atoms in total. The van der Waals surface area contributed by atoms with E-state index in [1.54, 1.807) is 11.3 Å². The summed E-state index contributed by atoms with van der Waals surface area (Å²) in [4.78, 5) is 4.67. The summed E-state index contributed by atoms with van der Waals surface area (Å²) in [6, 6.07) is 6.23. The third-order valence-corrected chi connectivity index (χ3v) is 5.18. The van der Waals surface area contributed by atoms with Gasteiger partial charge < -0.3 is 5.32 Å². The molecule has 0 radical (unpaired) electrons. The highest BCUT2D eigenvalue weighted by Crippen LogP contribution is 2.32. The van der Waals surface area contributed by atoms with Gasteiger partial charge in [-0.05, 0) is 37.5 Å². The van der Waals surface area contributed by atoms with Gasteiger partial charge in [0, 0.05) is 10.0 Å². The lowest BCUT2D eigenvalue weighted by atomic mass is 9.90. The number of hydrogen-bond donors (Lipinski definition) is 1. The molecule has 0 amide bonds. The standard InChI is InChI=1S/C14H19BrN2S/c1-4-14(5-2,6-3)17-13-16-11-8-7-10(15)9-12(11)18-13/h7-9H,4-6H2,1-3H3,(H,16,17). The van der Waals surface area contributed by atoms with Gasteiger partial charge >= 0.3 is 0 Å². The van der Waals surface area contributed by atoms with Crippen LogP contribution < -0.4 is 5.32 Å². The lowest BCUT2D eigenvalue weighted by molar-refractivity contribution is 0.420. The average Bonchev–Trinajstić information content (AvgIpc) is 2.77. The van der Waals surface area contributed by atoms with E-state index in [0.717, 1.165) is 34.4 Å². The summed E-state index contributed by atoms with van der Waals surface area (Å²) in [5.41, 5.74) is 1.26. The summed E-state index contributed by atoms with van der Waals surface area (Å²) >= 11 is 5.23. The van der Waals surface area contributed by atoms with E-state index in [2.05, 4.69) is 59.1 Å². The predicted molar refractivity (Wildman–Crippen MR) is 84.5 cm³/mol. The van der Waals surface area contributed by atoms with Crippen LogP contribution in [0.4, 0.5) is 5.13 Å². The van der Waals surface area contributed by atoms with Gasteiger partial charge in [-0.25, -0.2) is 4.98 Å². The van der Waals surface area contributed by atoms with Crippen LogP contribution in [0.25, 0.3) is 10.2 Å². The molecular formula is C14H19BrN2S. The Morgan fingerprint density at radius 1 is 1.22 bits per heavy atom. The molecule has 1 N–H and O–H groups in total. The van der Waals surface area contributed by atoms with Crippen molar-refractivity contribution in [2.75, 3.05) is 5.32 Å². The van der Waals surface area contributed by atoms with Gasteiger partial charge in [0.1, 0.15) is 0 Å². The Morgan fingerprint density at radius 3 is 2.50 bits per heavy atom. The van der Waals surface area contributed by atoms with Crippen LogP contribution >= 0.6 is 27.3 Å². The second-order valence-electron chi connectivity index (χ2n) is 4.60. The van der Waals surface area contributed by atoms with Crippen molar-refractivity contribution in [3.63, 3.8) is 0 Å². The Hall–Kier alpha value is -0.610. The lowest BCUT2D eigenvalue weighted by Gasteiger charge is -2.31. The number of thiazole rings is 1. The number of anilines is 1. The van der Waals surface area contributed by atoms with Gasteiger partial charge in [-0.2, -0.15) is 0 Å². The van der Waals surface area contributed by atoms with Crippen LogP contribution in [-0.4, -0.2) is 10.5 Å². The third kappa shape index (κ3) is 2.69. The number of nitrogens with one attached hydrogen (secondary N) is 1. The number of hydrogen-bond acceptors (Lipinski definition) is 3. The third-order valence-electron chi connectivity index (χ3n) is 3.75. The smallest absolute Gasteiger partial charge is 0.184 e. The van der Waals surface area contributed by atoms with Crippen LogP contribution in [0.1, 0.15) is 40.0 Å². The number of nitrogens with zero attached hydrogens (tertiary/aromatic N) is 1. The minimum atomic E-state index is 0.186. The topological polar surface area (TPSA) is 24.9 Å². The Kier molecular flexibility index (Phi) is 4.28. The first-order valence-electron chi connectivity index (χ1n) is 6.46. The zero-order valence-electron chi connectivity index (χ0n) is 11.1. The first kappa shape index (κ1) is 13.8. The number of benzene rings is 1. The Bertz CT molecular complexity index is 523. The van der Waals surface area contributed by atoms with E-state index < -0.39 is 0 Å². The molecule has 0 saturated heterocycles. The molecule has 2 aromatic rings. The number of aromatic nitrogens is 1. The monoisotopic (exact) mass is 326 g/mol. The summed E-state index contributed by atoms with van der Waals surface area (Å²) in [6.45, 7) is 6.72. The van der Waals surface area contributed by atoms with Crippen molar-refractivity contribution in [3.05, 3.63) is 22.7 Å². The first-order chi connectivity index (χ1) is 8.62. The fourth-order valence-corrected chi connectivity index (χ4v) is 3.73. The van der Waals surface area contributed by atoms with E-state index in [0.29, 0.717) is 0 Å². The van der Waals surface area contributed by atoms with Gasteiger partial charge in [0.25, 0.3) is 0 Å². The van der Waals surface area contributed by atoms with Crippen molar-refractivity contribution in [2.24, 2.45) is 0 Å². The number of halogens is 1. The fourth-order valence-electron chi connectivity index (χ4n) is 2.19. The molecule has 1 aromatic heterocycles. The van der Waals surface area contributed by atoms with Crippen LogP contribution in [0.5, 0.6) is 0 Å². The van der Waals surface area contributed by atoms with Gasteiger partial charge in [-0.1, -0.05) is 48.0 Å². The highest BCUT2D eigenvalue weighted by atomic mass is 79.9. The second-order valence-corrected chi connectivity index (χ2v) is 6.54. The van der Waals surface area contributed by atoms with Crippen molar-refractivity contribution in [1.29, 1.82) is 0 Å². The van der Waals surface area contributed by atoms with Gasteiger partial charge in [-0.15, -0.1) is 0 Å². The van der Waals surface area contributed by atoms with E-state index in [4.69, 9.17) is 0 Å². The van der Waals surface area contributed by atoms with Crippen molar-refractivity contribution in [3.8, 4) is 0 Å². The quantitative estimate of drug-likeness (QED) is 0.791. The van der Waals surface area contributed by atoms with Crippen LogP contribution in [-0.2, 0) is 0 Å². The molecule has 0 aliphatic rings. The minimum Gasteiger partial charge on any atom is -0.356 e. The lowest BCUT2D eigenvalue weighted by Crippen LogP contribution is -2.35. The Morgan fingerprint density at radius 2 is 1.89 bits per heavy atom. The molecule has 0 saturated carbocycles. The molecule has 0 atom stereocenters. The van der Waals surface area contributed by atoms with Gasteiger partial charge in [0.15, 0.2) is 5.13 Å². The minimum absolute atomic E-state index is 0.186. The maximum Gasteiger partial charge on any atom is 0.184 e. The molecule has 4 heteroatoms. The summed E-state index contributed by atoms with van der Waals surface area (Å²) < 4.78 is 2.34. The molecule has 18 heavy (non-hydrogen) atoms. The molecule has 0 aliphatic carbocycles. The first-order valence-corrected chi connectivity index (χ1v) is 8.07. The van der Waals surface area contributed by atoms with Crippen molar-refractivity contribution in [1.82, 2.24) is 4.98 Å². The summed E-state index contributed by atoms with van der Waals surface area (Å²) in [5, 5.41) is 4.68. The molecule has 98 valence electrons. The molecule has 1 heterocycles. The van der Waals surface area contributed by atoms with Gasteiger partial charge in [0.2, 0.25) is 0 Å². The SMILES string of the molecule is CCC(CC)(CC)Nc1nc2ccc(Br)cc2s1.